The predicted molar refractivity (Wildman–Crippen MR) is 105 cm³/mol. The van der Waals surface area contributed by atoms with E-state index in [1.165, 1.54) is 0 Å². The second-order valence-corrected chi connectivity index (χ2v) is 6.80. The summed E-state index contributed by atoms with van der Waals surface area (Å²) in [7, 11) is 0. The Labute approximate surface area is 168 Å². The first kappa shape index (κ1) is 20.3. The summed E-state index contributed by atoms with van der Waals surface area (Å²) in [5.41, 5.74) is 0.0793. The normalized spacial score (nSPS) is 13.9. The van der Waals surface area contributed by atoms with Gasteiger partial charge in [0.05, 0.1) is 6.61 Å². The summed E-state index contributed by atoms with van der Waals surface area (Å²) in [4.78, 5) is 28.2. The van der Waals surface area contributed by atoms with E-state index in [1.54, 1.807) is 9.80 Å². The smallest absolute Gasteiger partial charge is 0.254 e. The van der Waals surface area contributed by atoms with Crippen LogP contribution in [0.3, 0.4) is 0 Å². The number of hydrogen-bond donors (Lipinski definition) is 3. The number of carbonyl (C=O) groups excluding carboxylic acids is 2. The molecule has 2 aromatic rings. The van der Waals surface area contributed by atoms with Gasteiger partial charge in [-0.15, -0.1) is 0 Å². The third-order valence-corrected chi connectivity index (χ3v) is 4.78. The van der Waals surface area contributed by atoms with Crippen LogP contribution in [0.15, 0.2) is 42.5 Å². The average Bonchev–Trinajstić information content (AvgIpc) is 2.75. The van der Waals surface area contributed by atoms with Gasteiger partial charge in [-0.2, -0.15) is 0 Å². The summed E-state index contributed by atoms with van der Waals surface area (Å²) < 4.78 is 5.59. The Morgan fingerprint density at radius 2 is 1.48 bits per heavy atom. The molecule has 8 heteroatoms. The molecule has 3 N–H and O–H groups in total. The lowest BCUT2D eigenvalue weighted by atomic mass is 10.1. The average molecular weight is 400 g/mol. The van der Waals surface area contributed by atoms with Gasteiger partial charge in [-0.05, 0) is 30.7 Å². The number of carbonyl (C=O) groups is 2. The fourth-order valence-corrected chi connectivity index (χ4v) is 3.16. The van der Waals surface area contributed by atoms with Gasteiger partial charge in [0.2, 0.25) is 5.91 Å². The van der Waals surface area contributed by atoms with Crippen LogP contribution in [0.5, 0.6) is 23.0 Å². The molecule has 0 radical (unpaired) electrons. The van der Waals surface area contributed by atoms with Crippen LogP contribution in [-0.2, 0) is 4.79 Å². The molecule has 1 aliphatic heterocycles. The zero-order chi connectivity index (χ0) is 20.8. The first-order valence-corrected chi connectivity index (χ1v) is 9.45. The molecule has 0 unspecified atom stereocenters. The zero-order valence-corrected chi connectivity index (χ0v) is 16.0. The van der Waals surface area contributed by atoms with Crippen LogP contribution in [0.2, 0.25) is 0 Å². The van der Waals surface area contributed by atoms with Crippen molar-refractivity contribution in [2.45, 2.75) is 12.8 Å². The number of phenolic OH excluding ortho intramolecular Hbond substituents is 3. The molecule has 1 saturated heterocycles. The third kappa shape index (κ3) is 5.10. The van der Waals surface area contributed by atoms with E-state index in [9.17, 15) is 24.9 Å². The summed E-state index contributed by atoms with van der Waals surface area (Å²) in [6.45, 7) is 2.00. The topological polar surface area (TPSA) is 111 Å². The van der Waals surface area contributed by atoms with E-state index in [0.29, 0.717) is 45.6 Å². The fraction of sp³-hybridized carbons (Fsp3) is 0.333. The van der Waals surface area contributed by atoms with E-state index in [4.69, 9.17) is 4.74 Å². The Balaban J connectivity index is 1.43. The summed E-state index contributed by atoms with van der Waals surface area (Å²) in [5, 5.41) is 28.5. The molecule has 0 bridgehead atoms. The van der Waals surface area contributed by atoms with Crippen LogP contribution >= 0.6 is 0 Å². The van der Waals surface area contributed by atoms with E-state index in [0.717, 1.165) is 17.9 Å². The number of hydrogen-bond acceptors (Lipinski definition) is 6. The van der Waals surface area contributed by atoms with Crippen molar-refractivity contribution in [2.24, 2.45) is 0 Å². The van der Waals surface area contributed by atoms with Gasteiger partial charge in [-0.3, -0.25) is 9.59 Å². The minimum Gasteiger partial charge on any atom is -0.504 e. The summed E-state index contributed by atoms with van der Waals surface area (Å²) >= 11 is 0. The number of para-hydroxylation sites is 1. The van der Waals surface area contributed by atoms with Crippen molar-refractivity contribution in [1.82, 2.24) is 9.80 Å². The Morgan fingerprint density at radius 3 is 2.10 bits per heavy atom. The van der Waals surface area contributed by atoms with Gasteiger partial charge in [0.1, 0.15) is 5.75 Å². The lowest BCUT2D eigenvalue weighted by Crippen LogP contribution is -2.50. The Kier molecular flexibility index (Phi) is 6.43. The molecule has 1 fully saturated rings. The molecule has 2 aromatic carbocycles. The fourth-order valence-electron chi connectivity index (χ4n) is 3.16. The molecule has 2 amide bonds. The Bertz CT molecular complexity index is 840. The van der Waals surface area contributed by atoms with E-state index in [1.807, 2.05) is 30.3 Å². The first-order valence-electron chi connectivity index (χ1n) is 9.45. The number of nitrogens with zero attached hydrogens (tertiary/aromatic N) is 2. The van der Waals surface area contributed by atoms with Gasteiger partial charge in [-0.1, -0.05) is 18.2 Å². The van der Waals surface area contributed by atoms with E-state index >= 15 is 0 Å². The van der Waals surface area contributed by atoms with Gasteiger partial charge in [0.15, 0.2) is 17.2 Å². The van der Waals surface area contributed by atoms with Crippen molar-refractivity contribution in [3.8, 4) is 23.0 Å². The highest BCUT2D eigenvalue weighted by atomic mass is 16.5. The van der Waals surface area contributed by atoms with Crippen LogP contribution in [0.1, 0.15) is 23.2 Å². The van der Waals surface area contributed by atoms with Gasteiger partial charge in [0, 0.05) is 38.2 Å². The lowest BCUT2D eigenvalue weighted by molar-refractivity contribution is -0.132. The number of phenols is 3. The molecule has 0 saturated carbocycles. The summed E-state index contributed by atoms with van der Waals surface area (Å²) in [6, 6.07) is 11.7. The first-order chi connectivity index (χ1) is 14.0. The number of ether oxygens (including phenoxy) is 1. The second-order valence-electron chi connectivity index (χ2n) is 6.80. The monoisotopic (exact) mass is 400 g/mol. The number of piperazine rings is 1. The highest BCUT2D eigenvalue weighted by Crippen LogP contribution is 2.35. The van der Waals surface area contributed by atoms with E-state index in [2.05, 4.69) is 0 Å². The standard InChI is InChI=1S/C21H24N2O6/c24-17-13-15(14-18(25)20(17)27)21(28)23-10-8-22(9-11-23)19(26)7-4-12-29-16-5-2-1-3-6-16/h1-3,5-6,13-14,24-25,27H,4,7-12H2. The molecule has 0 spiro atoms. The summed E-state index contributed by atoms with van der Waals surface area (Å²) in [6.07, 6.45) is 0.986. The van der Waals surface area contributed by atoms with Crippen molar-refractivity contribution >= 4 is 11.8 Å². The minimum absolute atomic E-state index is 0.0219. The highest BCUT2D eigenvalue weighted by Gasteiger charge is 2.25. The molecule has 0 aliphatic carbocycles. The minimum atomic E-state index is -0.659. The molecule has 8 nitrogen and oxygen atoms in total. The quantitative estimate of drug-likeness (QED) is 0.505. The number of rotatable bonds is 6. The van der Waals surface area contributed by atoms with Crippen LogP contribution in [0.4, 0.5) is 0 Å². The molecule has 0 aromatic heterocycles. The SMILES string of the molecule is O=C(CCCOc1ccccc1)N1CCN(C(=O)c2cc(O)c(O)c(O)c2)CC1. The van der Waals surface area contributed by atoms with Crippen molar-refractivity contribution in [3.05, 3.63) is 48.0 Å². The van der Waals surface area contributed by atoms with Gasteiger partial charge in [-0.25, -0.2) is 0 Å². The highest BCUT2D eigenvalue weighted by molar-refractivity contribution is 5.95. The largest absolute Gasteiger partial charge is 0.504 e. The van der Waals surface area contributed by atoms with Gasteiger partial charge in [0.25, 0.3) is 5.91 Å². The van der Waals surface area contributed by atoms with Crippen LogP contribution < -0.4 is 4.74 Å². The second kappa shape index (κ2) is 9.18. The molecule has 3 rings (SSSR count). The van der Waals surface area contributed by atoms with E-state index < -0.39 is 17.2 Å². The lowest BCUT2D eigenvalue weighted by Gasteiger charge is -2.35. The maximum atomic E-state index is 12.5. The van der Waals surface area contributed by atoms with Crippen LogP contribution in [-0.4, -0.2) is 69.7 Å². The van der Waals surface area contributed by atoms with Crippen molar-refractivity contribution in [1.29, 1.82) is 0 Å². The number of amides is 2. The van der Waals surface area contributed by atoms with Gasteiger partial charge < -0.3 is 29.9 Å². The molecule has 154 valence electrons. The molecule has 29 heavy (non-hydrogen) atoms. The Hall–Kier alpha value is -3.42. The molecule has 1 heterocycles. The maximum absolute atomic E-state index is 12.5. The molecular weight excluding hydrogens is 376 g/mol. The van der Waals surface area contributed by atoms with Crippen LogP contribution in [0.25, 0.3) is 0 Å². The Morgan fingerprint density at radius 1 is 0.897 bits per heavy atom. The van der Waals surface area contributed by atoms with Crippen molar-refractivity contribution < 1.29 is 29.6 Å². The number of benzene rings is 2. The molecular formula is C21H24N2O6. The van der Waals surface area contributed by atoms with Gasteiger partial charge >= 0.3 is 0 Å². The molecule has 0 atom stereocenters. The number of aromatic hydroxyl groups is 3. The predicted octanol–water partition coefficient (Wildman–Crippen LogP) is 1.95. The zero-order valence-electron chi connectivity index (χ0n) is 16.0. The van der Waals surface area contributed by atoms with Crippen molar-refractivity contribution in [2.75, 3.05) is 32.8 Å². The maximum Gasteiger partial charge on any atom is 0.254 e. The molecule has 1 aliphatic rings. The van der Waals surface area contributed by atoms with E-state index in [-0.39, 0.29) is 17.4 Å². The van der Waals surface area contributed by atoms with Crippen molar-refractivity contribution in [3.63, 3.8) is 0 Å². The summed E-state index contributed by atoms with van der Waals surface area (Å²) in [5.74, 6) is -1.35. The van der Waals surface area contributed by atoms with Crippen LogP contribution in [0, 0.1) is 0 Å². The third-order valence-electron chi connectivity index (χ3n) is 4.78.